The summed E-state index contributed by atoms with van der Waals surface area (Å²) in [7, 11) is -1.97. The van der Waals surface area contributed by atoms with Crippen LogP contribution in [0.15, 0.2) is 71.6 Å². The van der Waals surface area contributed by atoms with Crippen molar-refractivity contribution in [3.8, 4) is 11.3 Å². The van der Waals surface area contributed by atoms with Gasteiger partial charge in [-0.3, -0.25) is 4.79 Å². The molecule has 1 aliphatic heterocycles. The van der Waals surface area contributed by atoms with E-state index in [2.05, 4.69) is 36.6 Å². The third-order valence-electron chi connectivity index (χ3n) is 10.6. The number of rotatable bonds is 7. The van der Waals surface area contributed by atoms with Crippen molar-refractivity contribution < 1.29 is 13.2 Å². The Balaban J connectivity index is 1.28. The van der Waals surface area contributed by atoms with Gasteiger partial charge in [-0.15, -0.1) is 0 Å². The molecule has 1 atom stereocenters. The maximum absolute atomic E-state index is 14.5. The second kappa shape index (κ2) is 12.9. The van der Waals surface area contributed by atoms with Gasteiger partial charge in [-0.1, -0.05) is 44.2 Å². The summed E-state index contributed by atoms with van der Waals surface area (Å²) in [4.78, 5) is 33.2. The number of hydrogen-bond donors (Lipinski definition) is 1. The Hall–Kier alpha value is -4.31. The van der Waals surface area contributed by atoms with Crippen LogP contribution < -0.4 is 9.62 Å². The number of sulfonamides is 1. The van der Waals surface area contributed by atoms with Crippen LogP contribution in [-0.2, 0) is 23.0 Å². The van der Waals surface area contributed by atoms with Gasteiger partial charge in [0.15, 0.2) is 0 Å². The lowest BCUT2D eigenvalue weighted by atomic mass is 9.76. The summed E-state index contributed by atoms with van der Waals surface area (Å²) in [5, 5.41) is 0. The van der Waals surface area contributed by atoms with E-state index in [1.54, 1.807) is 12.1 Å². The molecule has 49 heavy (non-hydrogen) atoms. The Morgan fingerprint density at radius 3 is 2.39 bits per heavy atom. The van der Waals surface area contributed by atoms with Gasteiger partial charge < -0.3 is 9.80 Å². The molecule has 9 nitrogen and oxygen atoms in total. The van der Waals surface area contributed by atoms with Crippen LogP contribution in [0.3, 0.4) is 0 Å². The van der Waals surface area contributed by atoms with Gasteiger partial charge in [-0.2, -0.15) is 0 Å². The SMILES string of the molecule is Cc1cccc(C)c1-c1cc2nc(n1)NS(=O)(=O)c1cccc(c1)C(=O)N(Cc1cccc(N(C)C3CC4(CC4)C3)n1)[C@H](CC(C)C)CC2. The van der Waals surface area contributed by atoms with E-state index in [1.165, 1.54) is 37.8 Å². The first-order valence-electron chi connectivity index (χ1n) is 17.5. The van der Waals surface area contributed by atoms with Crippen LogP contribution in [0.1, 0.15) is 85.2 Å². The zero-order chi connectivity index (χ0) is 34.5. The highest BCUT2D eigenvalue weighted by atomic mass is 32.2. The number of aryl methyl sites for hydroxylation is 3. The van der Waals surface area contributed by atoms with Crippen molar-refractivity contribution in [2.45, 2.75) is 96.2 Å². The fraction of sp³-hybridized carbons (Fsp3) is 0.436. The summed E-state index contributed by atoms with van der Waals surface area (Å²) >= 11 is 0. The standard InChI is InChI=1S/C39H46N6O3S/c1-25(2)19-31-16-15-29-21-34(36-26(3)9-6-10-27(36)4)42-38(41-29)43-49(47,48)33-13-7-11-28(20-33)37(46)45(31)24-30-12-8-14-35(40-30)44(5)32-22-39(23-32)17-18-39/h6-14,20-21,25,31-32H,15-19,22-24H2,1-5H3,(H,41,42,43)/t31-/m0/s1. The average molecular weight is 679 g/mol. The maximum atomic E-state index is 14.5. The molecule has 0 unspecified atom stereocenters. The lowest BCUT2D eigenvalue weighted by Gasteiger charge is -2.42. The topological polar surface area (TPSA) is 108 Å². The van der Waals surface area contributed by atoms with Crippen LogP contribution in [0.25, 0.3) is 11.3 Å². The molecule has 2 aliphatic carbocycles. The molecule has 1 amide bonds. The van der Waals surface area contributed by atoms with Crippen LogP contribution in [0.5, 0.6) is 0 Å². The molecule has 256 valence electrons. The zero-order valence-corrected chi connectivity index (χ0v) is 29.9. The van der Waals surface area contributed by atoms with Gasteiger partial charge in [-0.25, -0.2) is 28.1 Å². The Bertz CT molecular complexity index is 1980. The number of benzene rings is 2. The van der Waals surface area contributed by atoms with Gasteiger partial charge in [0.05, 0.1) is 22.8 Å². The minimum atomic E-state index is -4.10. The highest BCUT2D eigenvalue weighted by molar-refractivity contribution is 7.92. The Kier molecular flexibility index (Phi) is 8.71. The van der Waals surface area contributed by atoms with Gasteiger partial charge >= 0.3 is 0 Å². The van der Waals surface area contributed by atoms with Crippen molar-refractivity contribution in [2.75, 3.05) is 16.7 Å². The highest BCUT2D eigenvalue weighted by Crippen LogP contribution is 2.61. The fourth-order valence-electron chi connectivity index (χ4n) is 7.70. The summed E-state index contributed by atoms with van der Waals surface area (Å²) in [6.07, 6.45) is 7.09. The summed E-state index contributed by atoms with van der Waals surface area (Å²) < 4.78 is 30.1. The molecular weight excluding hydrogens is 633 g/mol. The first-order chi connectivity index (χ1) is 23.4. The molecule has 3 aliphatic rings. The summed E-state index contributed by atoms with van der Waals surface area (Å²) in [5.74, 6) is 1.04. The maximum Gasteiger partial charge on any atom is 0.264 e. The molecular formula is C39H46N6O3S. The third-order valence-corrected chi connectivity index (χ3v) is 12.0. The van der Waals surface area contributed by atoms with Crippen LogP contribution in [-0.4, -0.2) is 53.3 Å². The zero-order valence-electron chi connectivity index (χ0n) is 29.1. The van der Waals surface area contributed by atoms with Crippen LogP contribution >= 0.6 is 0 Å². The predicted molar refractivity (Wildman–Crippen MR) is 193 cm³/mol. The van der Waals surface area contributed by atoms with Crippen molar-refractivity contribution in [2.24, 2.45) is 11.3 Å². The molecule has 2 aromatic carbocycles. The van der Waals surface area contributed by atoms with E-state index in [1.807, 2.05) is 55.1 Å². The van der Waals surface area contributed by atoms with Crippen LogP contribution in [0, 0.1) is 25.2 Å². The van der Waals surface area contributed by atoms with Crippen molar-refractivity contribution in [1.82, 2.24) is 19.9 Å². The highest BCUT2D eigenvalue weighted by Gasteiger charge is 2.54. The number of carbonyl (C=O) groups is 1. The largest absolute Gasteiger partial charge is 0.357 e. The van der Waals surface area contributed by atoms with E-state index in [9.17, 15) is 13.2 Å². The van der Waals surface area contributed by atoms with E-state index in [0.717, 1.165) is 34.6 Å². The number of fused-ring (bicyclic) bond motifs is 4. The fourth-order valence-corrected chi connectivity index (χ4v) is 8.69. The molecule has 1 N–H and O–H groups in total. The molecule has 4 bridgehead atoms. The number of amides is 1. The van der Waals surface area contributed by atoms with Crippen molar-refractivity contribution >= 4 is 27.7 Å². The molecule has 0 radical (unpaired) electrons. The van der Waals surface area contributed by atoms with E-state index in [4.69, 9.17) is 15.0 Å². The minimum absolute atomic E-state index is 0.0174. The average Bonchev–Trinajstić information content (AvgIpc) is 3.85. The number of nitrogens with one attached hydrogen (secondary N) is 1. The summed E-state index contributed by atoms with van der Waals surface area (Å²) in [6, 6.07) is 20.7. The third kappa shape index (κ3) is 6.93. The molecule has 2 saturated carbocycles. The monoisotopic (exact) mass is 678 g/mol. The van der Waals surface area contributed by atoms with Crippen molar-refractivity contribution in [3.05, 3.63) is 94.8 Å². The molecule has 1 spiro atoms. The van der Waals surface area contributed by atoms with Gasteiger partial charge in [0.2, 0.25) is 5.95 Å². The summed E-state index contributed by atoms with van der Waals surface area (Å²) in [6.45, 7) is 8.70. The van der Waals surface area contributed by atoms with Gasteiger partial charge in [-0.05, 0) is 118 Å². The first-order valence-corrected chi connectivity index (χ1v) is 19.0. The number of nitrogens with zero attached hydrogens (tertiary/aromatic N) is 5. The molecule has 4 aromatic rings. The Labute approximate surface area is 290 Å². The molecule has 2 fully saturated rings. The summed E-state index contributed by atoms with van der Waals surface area (Å²) in [5.41, 5.74) is 6.14. The quantitative estimate of drug-likeness (QED) is 0.218. The number of pyridine rings is 1. The second-order valence-electron chi connectivity index (χ2n) is 14.9. The van der Waals surface area contributed by atoms with E-state index in [0.29, 0.717) is 53.7 Å². The second-order valence-corrected chi connectivity index (χ2v) is 16.6. The Morgan fingerprint density at radius 1 is 0.959 bits per heavy atom. The predicted octanol–water partition coefficient (Wildman–Crippen LogP) is 7.34. The van der Waals surface area contributed by atoms with Gasteiger partial charge in [0.25, 0.3) is 15.9 Å². The van der Waals surface area contributed by atoms with Crippen molar-refractivity contribution in [1.29, 1.82) is 0 Å². The molecule has 7 rings (SSSR count). The lowest BCUT2D eigenvalue weighted by Crippen LogP contribution is -2.44. The van der Waals surface area contributed by atoms with Crippen LogP contribution in [0.2, 0.25) is 0 Å². The number of hydrogen-bond acceptors (Lipinski definition) is 7. The molecule has 10 heteroatoms. The van der Waals surface area contributed by atoms with E-state index < -0.39 is 10.0 Å². The van der Waals surface area contributed by atoms with E-state index >= 15 is 0 Å². The normalized spacial score (nSPS) is 19.8. The number of aromatic nitrogens is 3. The van der Waals surface area contributed by atoms with Gasteiger partial charge in [0, 0.05) is 36.0 Å². The minimum Gasteiger partial charge on any atom is -0.357 e. The lowest BCUT2D eigenvalue weighted by molar-refractivity contribution is 0.0621. The molecule has 0 saturated heterocycles. The Morgan fingerprint density at radius 2 is 1.67 bits per heavy atom. The van der Waals surface area contributed by atoms with E-state index in [-0.39, 0.29) is 22.8 Å². The molecule has 2 aromatic heterocycles. The molecule has 3 heterocycles. The van der Waals surface area contributed by atoms with Crippen molar-refractivity contribution in [3.63, 3.8) is 0 Å². The van der Waals surface area contributed by atoms with Crippen LogP contribution in [0.4, 0.5) is 11.8 Å². The number of carbonyl (C=O) groups excluding carboxylic acids is 1. The smallest absolute Gasteiger partial charge is 0.264 e. The first kappa shape index (κ1) is 33.2. The number of anilines is 2. The van der Waals surface area contributed by atoms with Gasteiger partial charge in [0.1, 0.15) is 5.82 Å².